The van der Waals surface area contributed by atoms with Crippen molar-refractivity contribution >= 4 is 17.4 Å². The molecule has 1 amide bonds. The molecule has 1 atom stereocenters. The summed E-state index contributed by atoms with van der Waals surface area (Å²) in [6, 6.07) is 6.12. The second-order valence-corrected chi connectivity index (χ2v) is 7.05. The van der Waals surface area contributed by atoms with E-state index in [4.69, 9.17) is 0 Å². The summed E-state index contributed by atoms with van der Waals surface area (Å²) in [5.74, 6) is -0.282. The van der Waals surface area contributed by atoms with E-state index in [1.165, 1.54) is 11.3 Å². The highest BCUT2D eigenvalue weighted by Gasteiger charge is 2.36. The molecule has 0 unspecified atom stereocenters. The van der Waals surface area contributed by atoms with Gasteiger partial charge in [-0.1, -0.05) is 6.07 Å². The SMILES string of the molecule is CN(C(=O)C1CC1)[C@@H]1CCc2c(CC(=O)O)c3ccccn3c2C1. The van der Waals surface area contributed by atoms with Crippen molar-refractivity contribution in [3.8, 4) is 0 Å². The zero-order valence-electron chi connectivity index (χ0n) is 13.9. The molecular formula is C19H22N2O3. The quantitative estimate of drug-likeness (QED) is 0.938. The molecule has 126 valence electrons. The Morgan fingerprint density at radius 2 is 2.08 bits per heavy atom. The van der Waals surface area contributed by atoms with Crippen molar-refractivity contribution in [1.82, 2.24) is 9.30 Å². The van der Waals surface area contributed by atoms with Crippen molar-refractivity contribution in [2.24, 2.45) is 5.92 Å². The van der Waals surface area contributed by atoms with Crippen molar-refractivity contribution in [3.63, 3.8) is 0 Å². The van der Waals surface area contributed by atoms with Gasteiger partial charge in [0.15, 0.2) is 0 Å². The van der Waals surface area contributed by atoms with E-state index >= 15 is 0 Å². The number of carbonyl (C=O) groups excluding carboxylic acids is 1. The highest BCUT2D eigenvalue weighted by Crippen LogP contribution is 2.35. The predicted molar refractivity (Wildman–Crippen MR) is 90.0 cm³/mol. The normalized spacial score (nSPS) is 20.0. The van der Waals surface area contributed by atoms with Crippen LogP contribution in [0.25, 0.3) is 5.52 Å². The summed E-state index contributed by atoms with van der Waals surface area (Å²) in [5.41, 5.74) is 4.27. The van der Waals surface area contributed by atoms with E-state index in [-0.39, 0.29) is 24.3 Å². The van der Waals surface area contributed by atoms with Gasteiger partial charge in [-0.25, -0.2) is 0 Å². The predicted octanol–water partition coefficient (Wildman–Crippen LogP) is 2.29. The fourth-order valence-electron chi connectivity index (χ4n) is 4.03. The Kier molecular flexibility index (Phi) is 3.59. The molecule has 2 heterocycles. The second-order valence-electron chi connectivity index (χ2n) is 7.05. The van der Waals surface area contributed by atoms with Gasteiger partial charge in [-0.05, 0) is 48.9 Å². The molecule has 2 aliphatic carbocycles. The first-order chi connectivity index (χ1) is 11.6. The number of pyridine rings is 1. The van der Waals surface area contributed by atoms with Gasteiger partial charge in [0.1, 0.15) is 0 Å². The number of carbonyl (C=O) groups is 2. The summed E-state index contributed by atoms with van der Waals surface area (Å²) in [6.45, 7) is 0. The Hall–Kier alpha value is -2.30. The van der Waals surface area contributed by atoms with Crippen molar-refractivity contribution < 1.29 is 14.7 Å². The van der Waals surface area contributed by atoms with Crippen LogP contribution in [-0.2, 0) is 28.9 Å². The molecule has 2 aliphatic rings. The second kappa shape index (κ2) is 5.65. The number of likely N-dealkylation sites (N-methyl/N-ethyl adjacent to an activating group) is 1. The molecule has 2 aromatic heterocycles. The summed E-state index contributed by atoms with van der Waals surface area (Å²) >= 11 is 0. The third-order valence-electron chi connectivity index (χ3n) is 5.48. The van der Waals surface area contributed by atoms with Gasteiger partial charge >= 0.3 is 5.97 Å². The summed E-state index contributed by atoms with van der Waals surface area (Å²) in [5, 5.41) is 9.27. The average Bonchev–Trinajstić information content (AvgIpc) is 3.39. The van der Waals surface area contributed by atoms with Crippen LogP contribution in [-0.4, -0.2) is 39.4 Å². The van der Waals surface area contributed by atoms with Crippen molar-refractivity contribution in [2.75, 3.05) is 7.05 Å². The Morgan fingerprint density at radius 1 is 1.29 bits per heavy atom. The minimum Gasteiger partial charge on any atom is -0.481 e. The number of fused-ring (bicyclic) bond motifs is 3. The van der Waals surface area contributed by atoms with Gasteiger partial charge < -0.3 is 14.4 Å². The number of carboxylic acid groups (broad SMARTS) is 1. The van der Waals surface area contributed by atoms with E-state index in [2.05, 4.69) is 4.40 Å². The van der Waals surface area contributed by atoms with E-state index in [9.17, 15) is 14.7 Å². The molecule has 1 N–H and O–H groups in total. The molecule has 1 saturated carbocycles. The third-order valence-corrected chi connectivity index (χ3v) is 5.48. The number of carboxylic acids is 1. The molecular weight excluding hydrogens is 304 g/mol. The van der Waals surface area contributed by atoms with Crippen molar-refractivity contribution in [2.45, 2.75) is 44.6 Å². The Balaban J connectivity index is 1.70. The molecule has 2 aromatic rings. The van der Waals surface area contributed by atoms with Crippen LogP contribution in [0.1, 0.15) is 36.1 Å². The van der Waals surface area contributed by atoms with E-state index in [0.29, 0.717) is 0 Å². The summed E-state index contributed by atoms with van der Waals surface area (Å²) in [7, 11) is 1.92. The van der Waals surface area contributed by atoms with E-state index < -0.39 is 5.97 Å². The summed E-state index contributed by atoms with van der Waals surface area (Å²) in [6.07, 6.45) is 6.66. The number of aromatic nitrogens is 1. The number of hydrogen-bond acceptors (Lipinski definition) is 2. The molecule has 0 aromatic carbocycles. The molecule has 0 spiro atoms. The lowest BCUT2D eigenvalue weighted by molar-refractivity contribution is -0.136. The van der Waals surface area contributed by atoms with Crippen LogP contribution >= 0.6 is 0 Å². The van der Waals surface area contributed by atoms with E-state index in [0.717, 1.165) is 43.2 Å². The monoisotopic (exact) mass is 326 g/mol. The minimum absolute atomic E-state index is 0.0599. The van der Waals surface area contributed by atoms with E-state index in [1.54, 1.807) is 0 Å². The van der Waals surface area contributed by atoms with Gasteiger partial charge in [-0.2, -0.15) is 0 Å². The zero-order valence-corrected chi connectivity index (χ0v) is 13.9. The van der Waals surface area contributed by atoms with Gasteiger partial charge in [0, 0.05) is 42.8 Å². The van der Waals surface area contributed by atoms with Crippen LogP contribution in [0.2, 0.25) is 0 Å². The standard InChI is InChI=1S/C19H22N2O3/c1-20(19(24)12-5-6-12)13-7-8-14-15(11-18(22)23)16-4-2-3-9-21(16)17(14)10-13/h2-4,9,12-13H,5-8,10-11H2,1H3,(H,22,23)/t13-/m1/s1. The molecule has 0 aliphatic heterocycles. The average molecular weight is 326 g/mol. The van der Waals surface area contributed by atoms with Crippen LogP contribution in [0.5, 0.6) is 0 Å². The lowest BCUT2D eigenvalue weighted by atomic mass is 9.89. The minimum atomic E-state index is -0.794. The van der Waals surface area contributed by atoms with Crippen molar-refractivity contribution in [1.29, 1.82) is 0 Å². The first kappa shape index (κ1) is 15.2. The summed E-state index contributed by atoms with van der Waals surface area (Å²) in [4.78, 5) is 25.6. The maximum Gasteiger partial charge on any atom is 0.307 e. The number of aliphatic carboxylic acids is 1. The number of amides is 1. The van der Waals surface area contributed by atoms with Gasteiger partial charge in [0.2, 0.25) is 5.91 Å². The van der Waals surface area contributed by atoms with E-state index in [1.807, 2.05) is 36.3 Å². The van der Waals surface area contributed by atoms with Gasteiger partial charge in [0.05, 0.1) is 6.42 Å². The molecule has 0 radical (unpaired) electrons. The highest BCUT2D eigenvalue weighted by atomic mass is 16.4. The highest BCUT2D eigenvalue weighted by molar-refractivity contribution is 5.81. The Bertz CT molecular complexity index is 819. The largest absolute Gasteiger partial charge is 0.481 e. The smallest absolute Gasteiger partial charge is 0.307 e. The molecule has 1 fully saturated rings. The molecule has 4 rings (SSSR count). The maximum atomic E-state index is 12.4. The molecule has 5 nitrogen and oxygen atoms in total. The first-order valence-corrected chi connectivity index (χ1v) is 8.64. The molecule has 0 saturated heterocycles. The topological polar surface area (TPSA) is 62.0 Å². The van der Waals surface area contributed by atoms with Gasteiger partial charge in [-0.3, -0.25) is 9.59 Å². The van der Waals surface area contributed by atoms with Crippen molar-refractivity contribution in [3.05, 3.63) is 41.2 Å². The first-order valence-electron chi connectivity index (χ1n) is 8.64. The summed E-state index contributed by atoms with van der Waals surface area (Å²) < 4.78 is 2.12. The molecule has 5 heteroatoms. The molecule has 0 bridgehead atoms. The Morgan fingerprint density at radius 3 is 2.79 bits per heavy atom. The number of nitrogens with zero attached hydrogens (tertiary/aromatic N) is 2. The van der Waals surface area contributed by atoms with Crippen LogP contribution in [0, 0.1) is 5.92 Å². The van der Waals surface area contributed by atoms with Gasteiger partial charge in [0.25, 0.3) is 0 Å². The lowest BCUT2D eigenvalue weighted by Gasteiger charge is -2.32. The zero-order chi connectivity index (χ0) is 16.8. The fourth-order valence-corrected chi connectivity index (χ4v) is 4.03. The van der Waals surface area contributed by atoms with Crippen LogP contribution in [0.3, 0.4) is 0 Å². The number of hydrogen-bond donors (Lipinski definition) is 1. The Labute approximate surface area is 140 Å². The van der Waals surface area contributed by atoms with Crippen LogP contribution in [0.4, 0.5) is 0 Å². The lowest BCUT2D eigenvalue weighted by Crippen LogP contribution is -2.41. The maximum absolute atomic E-state index is 12.4. The van der Waals surface area contributed by atoms with Crippen LogP contribution in [0.15, 0.2) is 24.4 Å². The fraction of sp³-hybridized carbons (Fsp3) is 0.474. The third kappa shape index (κ3) is 2.48. The molecule has 24 heavy (non-hydrogen) atoms. The number of rotatable bonds is 4. The van der Waals surface area contributed by atoms with Crippen LogP contribution < -0.4 is 0 Å². The van der Waals surface area contributed by atoms with Gasteiger partial charge in [-0.15, -0.1) is 0 Å².